The molecule has 8 heteroatoms. The molecule has 0 aliphatic heterocycles. The van der Waals surface area contributed by atoms with Crippen molar-refractivity contribution in [1.82, 2.24) is 10.3 Å². The molecule has 104 valence electrons. The lowest BCUT2D eigenvalue weighted by Crippen LogP contribution is -2.18. The normalized spacial score (nSPS) is 16.0. The second-order valence-electron chi connectivity index (χ2n) is 3.96. The van der Waals surface area contributed by atoms with E-state index in [2.05, 4.69) is 10.3 Å². The minimum absolute atomic E-state index is 0.413. The molecule has 1 heterocycles. The molecule has 19 heavy (non-hydrogen) atoms. The average Bonchev–Trinajstić information content (AvgIpc) is 2.34. The van der Waals surface area contributed by atoms with Gasteiger partial charge in [0.15, 0.2) is 6.19 Å². The molecule has 1 aromatic heterocycles. The molecule has 1 aromatic rings. The summed E-state index contributed by atoms with van der Waals surface area (Å²) < 4.78 is 49.3. The van der Waals surface area contributed by atoms with Crippen molar-refractivity contribution in [3.8, 4) is 6.19 Å². The van der Waals surface area contributed by atoms with Crippen molar-refractivity contribution in [2.75, 3.05) is 6.26 Å². The van der Waals surface area contributed by atoms with Crippen LogP contribution in [0, 0.1) is 11.5 Å². The first-order chi connectivity index (χ1) is 8.68. The van der Waals surface area contributed by atoms with Crippen molar-refractivity contribution in [3.05, 3.63) is 29.6 Å². The van der Waals surface area contributed by atoms with Gasteiger partial charge in [-0.15, -0.1) is 0 Å². The second-order valence-corrected chi connectivity index (χ2v) is 6.83. The number of hydrogen-bond acceptors (Lipinski definition) is 3. The number of pyridine rings is 1. The summed E-state index contributed by atoms with van der Waals surface area (Å²) in [5, 5.41) is 9.98. The molecule has 1 rings (SSSR count). The fraction of sp³-hybridized carbons (Fsp3) is 0.364. The van der Waals surface area contributed by atoms with Crippen LogP contribution in [0.25, 0.3) is 0 Å². The summed E-state index contributed by atoms with van der Waals surface area (Å²) >= 11 is 0. The fourth-order valence-corrected chi connectivity index (χ4v) is 2.50. The molecule has 0 spiro atoms. The van der Waals surface area contributed by atoms with Crippen molar-refractivity contribution >= 4 is 15.0 Å². The molecular formula is C11H12F3N3OS. The van der Waals surface area contributed by atoms with E-state index in [0.717, 1.165) is 17.8 Å². The third kappa shape index (κ3) is 3.86. The molecule has 2 atom stereocenters. The predicted octanol–water partition coefficient (Wildman–Crippen LogP) is 1.91. The Hall–Kier alpha value is -1.75. The van der Waals surface area contributed by atoms with Crippen LogP contribution >= 0.6 is 0 Å². The molecule has 1 N–H and O–H groups in total. The molecule has 0 aromatic carbocycles. The van der Waals surface area contributed by atoms with E-state index in [1.807, 2.05) is 0 Å². The molecule has 0 aliphatic rings. The van der Waals surface area contributed by atoms with E-state index in [4.69, 9.17) is 5.26 Å². The Morgan fingerprint density at radius 1 is 1.53 bits per heavy atom. The largest absolute Gasteiger partial charge is 0.433 e. The molecule has 0 saturated carbocycles. The Kier molecular flexibility index (Phi) is 4.42. The van der Waals surface area contributed by atoms with Gasteiger partial charge >= 0.3 is 6.18 Å². The van der Waals surface area contributed by atoms with Crippen molar-refractivity contribution in [2.45, 2.75) is 18.3 Å². The van der Waals surface area contributed by atoms with Crippen molar-refractivity contribution < 1.29 is 17.4 Å². The first kappa shape index (κ1) is 15.3. The van der Waals surface area contributed by atoms with Gasteiger partial charge in [-0.05, 0) is 28.1 Å². The summed E-state index contributed by atoms with van der Waals surface area (Å²) in [7, 11) is -2.55. The van der Waals surface area contributed by atoms with E-state index in [9.17, 15) is 17.4 Å². The van der Waals surface area contributed by atoms with Crippen LogP contribution in [0.4, 0.5) is 13.2 Å². The number of nitriles is 1. The van der Waals surface area contributed by atoms with Crippen LogP contribution in [-0.2, 0) is 15.7 Å². The van der Waals surface area contributed by atoms with Crippen molar-refractivity contribution in [1.29, 1.82) is 5.26 Å². The Labute approximate surface area is 109 Å². The van der Waals surface area contributed by atoms with E-state index in [-0.39, 0.29) is 0 Å². The van der Waals surface area contributed by atoms with Crippen LogP contribution in [0.15, 0.2) is 18.3 Å². The number of halogens is 3. The van der Waals surface area contributed by atoms with E-state index < -0.39 is 26.6 Å². The SMILES string of the molecule is CC(c1ccc(C(F)(F)F)nc1)S(C)(=O)=CNC#N. The number of nitrogens with zero attached hydrogens (tertiary/aromatic N) is 2. The smallest absolute Gasteiger partial charge is 0.292 e. The summed E-state index contributed by atoms with van der Waals surface area (Å²) in [4.78, 5) is 3.31. The van der Waals surface area contributed by atoms with E-state index in [0.29, 0.717) is 5.56 Å². The number of hydrogen-bond donors (Lipinski definition) is 1. The van der Waals surface area contributed by atoms with Crippen LogP contribution in [0.5, 0.6) is 0 Å². The van der Waals surface area contributed by atoms with Crippen molar-refractivity contribution in [3.63, 3.8) is 0 Å². The maximum absolute atomic E-state index is 12.3. The van der Waals surface area contributed by atoms with Crippen molar-refractivity contribution in [2.24, 2.45) is 0 Å². The van der Waals surface area contributed by atoms with Gasteiger partial charge in [0.25, 0.3) is 0 Å². The molecular weight excluding hydrogens is 279 g/mol. The van der Waals surface area contributed by atoms with Gasteiger partial charge in [0, 0.05) is 12.5 Å². The van der Waals surface area contributed by atoms with Gasteiger partial charge in [0.1, 0.15) is 5.69 Å². The third-order valence-electron chi connectivity index (χ3n) is 2.61. The summed E-state index contributed by atoms with van der Waals surface area (Å²) in [6.07, 6.45) is -0.417. The van der Waals surface area contributed by atoms with Crippen LogP contribution in [0.3, 0.4) is 0 Å². The topological polar surface area (TPSA) is 65.8 Å². The lowest BCUT2D eigenvalue weighted by molar-refractivity contribution is -0.141. The fourth-order valence-electron chi connectivity index (χ4n) is 1.33. The quantitative estimate of drug-likeness (QED) is 0.525. The minimum atomic E-state index is -4.50. The van der Waals surface area contributed by atoms with E-state index in [1.54, 1.807) is 13.1 Å². The third-order valence-corrected chi connectivity index (χ3v) is 4.87. The zero-order valence-electron chi connectivity index (χ0n) is 10.2. The van der Waals surface area contributed by atoms with Crippen LogP contribution in [0.2, 0.25) is 0 Å². The average molecular weight is 291 g/mol. The van der Waals surface area contributed by atoms with Gasteiger partial charge in [0.2, 0.25) is 0 Å². The highest BCUT2D eigenvalue weighted by atomic mass is 32.2. The van der Waals surface area contributed by atoms with Gasteiger partial charge in [-0.2, -0.15) is 18.4 Å². The Morgan fingerprint density at radius 2 is 2.16 bits per heavy atom. The van der Waals surface area contributed by atoms with E-state index >= 15 is 0 Å². The molecule has 4 nitrogen and oxygen atoms in total. The highest BCUT2D eigenvalue weighted by Gasteiger charge is 2.32. The van der Waals surface area contributed by atoms with Crippen LogP contribution < -0.4 is 5.32 Å². The van der Waals surface area contributed by atoms with Gasteiger partial charge in [-0.3, -0.25) is 14.5 Å². The Bertz CT molecular complexity index is 595. The monoisotopic (exact) mass is 291 g/mol. The minimum Gasteiger partial charge on any atom is -0.292 e. The number of alkyl halides is 3. The van der Waals surface area contributed by atoms with Gasteiger partial charge < -0.3 is 0 Å². The molecule has 0 radical (unpaired) electrons. The highest BCUT2D eigenvalue weighted by Crippen LogP contribution is 2.29. The Balaban J connectivity index is 3.06. The number of rotatable bonds is 3. The van der Waals surface area contributed by atoms with Gasteiger partial charge in [0.05, 0.1) is 10.7 Å². The zero-order chi connectivity index (χ0) is 14.7. The summed E-state index contributed by atoms with van der Waals surface area (Å²) in [5.74, 6) is 0. The molecule has 0 saturated heterocycles. The number of aromatic nitrogens is 1. The molecule has 0 aliphatic carbocycles. The first-order valence-corrected chi connectivity index (χ1v) is 7.27. The summed E-state index contributed by atoms with van der Waals surface area (Å²) in [5.41, 5.74) is 0.566. The molecule has 2 unspecified atom stereocenters. The lowest BCUT2D eigenvalue weighted by Gasteiger charge is -2.15. The zero-order valence-corrected chi connectivity index (χ0v) is 11.0. The van der Waals surface area contributed by atoms with Gasteiger partial charge in [-0.1, -0.05) is 6.07 Å². The lowest BCUT2D eigenvalue weighted by atomic mass is 10.2. The van der Waals surface area contributed by atoms with Gasteiger partial charge in [-0.25, -0.2) is 0 Å². The second kappa shape index (κ2) is 5.48. The number of nitrogens with one attached hydrogen (secondary N) is 1. The maximum atomic E-state index is 12.3. The molecule has 0 amide bonds. The van der Waals surface area contributed by atoms with E-state index in [1.165, 1.54) is 12.3 Å². The van der Waals surface area contributed by atoms with Crippen LogP contribution in [-0.4, -0.2) is 20.9 Å². The maximum Gasteiger partial charge on any atom is 0.433 e. The standard InChI is InChI=1S/C11H12F3N3OS/c1-8(19(2,18)7-16-6-15)9-3-4-10(17-5-9)11(12,13)14/h3-5,7-8,16H,1-2H3. The summed E-state index contributed by atoms with van der Waals surface area (Å²) in [6.45, 7) is 1.60. The molecule has 0 fully saturated rings. The van der Waals surface area contributed by atoms with Crippen LogP contribution in [0.1, 0.15) is 23.4 Å². The molecule has 0 bridgehead atoms. The first-order valence-electron chi connectivity index (χ1n) is 5.17. The predicted molar refractivity (Wildman–Crippen MR) is 66.5 cm³/mol. The summed E-state index contributed by atoms with van der Waals surface area (Å²) in [6, 6.07) is 2.09. The Morgan fingerprint density at radius 3 is 2.58 bits per heavy atom. The highest BCUT2D eigenvalue weighted by molar-refractivity contribution is 8.00.